The van der Waals surface area contributed by atoms with Crippen molar-refractivity contribution in [3.63, 3.8) is 0 Å². The molecular weight excluding hydrogens is 352 g/mol. The van der Waals surface area contributed by atoms with E-state index in [1.165, 1.54) is 0 Å². The number of amides is 2. The van der Waals surface area contributed by atoms with Gasteiger partial charge in [-0.25, -0.2) is 0 Å². The van der Waals surface area contributed by atoms with Crippen LogP contribution < -0.4 is 5.32 Å². The number of nitrogens with one attached hydrogen (secondary N) is 1. The number of aliphatic carboxylic acids is 1. The number of carbonyl (C=O) groups is 3. The average molecular weight is 369 g/mol. The van der Waals surface area contributed by atoms with Crippen molar-refractivity contribution in [2.45, 2.75) is 25.3 Å². The van der Waals surface area contributed by atoms with Gasteiger partial charge >= 0.3 is 5.97 Å². The summed E-state index contributed by atoms with van der Waals surface area (Å²) in [6.07, 6.45) is 1.24. The SMILES string of the molecule is O=C(O)CCNC(=O)C1CCCN1C(=O)c1ccc(Br)cc1. The van der Waals surface area contributed by atoms with E-state index in [1.807, 2.05) is 0 Å². The molecule has 6 nitrogen and oxygen atoms in total. The summed E-state index contributed by atoms with van der Waals surface area (Å²) in [5.41, 5.74) is 0.536. The van der Waals surface area contributed by atoms with Crippen LogP contribution in [0, 0.1) is 0 Å². The second kappa shape index (κ2) is 7.40. The summed E-state index contributed by atoms with van der Waals surface area (Å²) in [4.78, 5) is 36.6. The number of carbonyl (C=O) groups excluding carboxylic acids is 2. The van der Waals surface area contributed by atoms with Crippen LogP contribution >= 0.6 is 15.9 Å². The van der Waals surface area contributed by atoms with Crippen LogP contribution in [0.1, 0.15) is 29.6 Å². The monoisotopic (exact) mass is 368 g/mol. The highest BCUT2D eigenvalue weighted by atomic mass is 79.9. The number of hydrogen-bond acceptors (Lipinski definition) is 3. The lowest BCUT2D eigenvalue weighted by molar-refractivity contribution is -0.137. The van der Waals surface area contributed by atoms with Crippen molar-refractivity contribution in [3.8, 4) is 0 Å². The average Bonchev–Trinajstić information content (AvgIpc) is 2.96. The Morgan fingerprint density at radius 1 is 1.27 bits per heavy atom. The zero-order valence-electron chi connectivity index (χ0n) is 11.9. The fourth-order valence-electron chi connectivity index (χ4n) is 2.45. The number of carboxylic acids is 1. The molecule has 1 unspecified atom stereocenters. The summed E-state index contributed by atoms with van der Waals surface area (Å²) in [6, 6.07) is 6.47. The molecule has 22 heavy (non-hydrogen) atoms. The molecule has 2 N–H and O–H groups in total. The molecule has 1 aromatic carbocycles. The minimum Gasteiger partial charge on any atom is -0.481 e. The highest BCUT2D eigenvalue weighted by molar-refractivity contribution is 9.10. The molecule has 1 saturated heterocycles. The zero-order valence-corrected chi connectivity index (χ0v) is 13.5. The Morgan fingerprint density at radius 3 is 2.59 bits per heavy atom. The van der Waals surface area contributed by atoms with Crippen LogP contribution in [-0.4, -0.2) is 46.9 Å². The van der Waals surface area contributed by atoms with Crippen molar-refractivity contribution >= 4 is 33.7 Å². The molecule has 0 aliphatic carbocycles. The topological polar surface area (TPSA) is 86.7 Å². The summed E-state index contributed by atoms with van der Waals surface area (Å²) in [5, 5.41) is 11.2. The Balaban J connectivity index is 2.00. The van der Waals surface area contributed by atoms with Crippen molar-refractivity contribution in [2.24, 2.45) is 0 Å². The Morgan fingerprint density at radius 2 is 1.95 bits per heavy atom. The van der Waals surface area contributed by atoms with E-state index in [4.69, 9.17) is 5.11 Å². The van der Waals surface area contributed by atoms with Gasteiger partial charge in [0.1, 0.15) is 6.04 Å². The maximum Gasteiger partial charge on any atom is 0.305 e. The van der Waals surface area contributed by atoms with E-state index in [-0.39, 0.29) is 24.8 Å². The molecule has 1 atom stereocenters. The second-order valence-corrected chi connectivity index (χ2v) is 6.01. The molecular formula is C15H17BrN2O4. The van der Waals surface area contributed by atoms with E-state index in [1.54, 1.807) is 29.2 Å². The predicted molar refractivity (Wildman–Crippen MR) is 83.5 cm³/mol. The normalized spacial score (nSPS) is 17.3. The van der Waals surface area contributed by atoms with Crippen LogP contribution in [-0.2, 0) is 9.59 Å². The van der Waals surface area contributed by atoms with E-state index >= 15 is 0 Å². The molecule has 1 aliphatic heterocycles. The molecule has 0 bridgehead atoms. The Hall–Kier alpha value is -1.89. The number of likely N-dealkylation sites (tertiary alicyclic amines) is 1. The molecule has 0 radical (unpaired) electrons. The summed E-state index contributed by atoms with van der Waals surface area (Å²) in [6.45, 7) is 0.608. The number of benzene rings is 1. The standard InChI is InChI=1S/C15H17BrN2O4/c16-11-5-3-10(4-6-11)15(22)18-9-1-2-12(18)14(21)17-8-7-13(19)20/h3-6,12H,1-2,7-9H2,(H,17,21)(H,19,20). The smallest absolute Gasteiger partial charge is 0.305 e. The fourth-order valence-corrected chi connectivity index (χ4v) is 2.72. The number of halogens is 1. The van der Waals surface area contributed by atoms with Crippen LogP contribution in [0.2, 0.25) is 0 Å². The van der Waals surface area contributed by atoms with Crippen molar-refractivity contribution in [2.75, 3.05) is 13.1 Å². The van der Waals surface area contributed by atoms with Gasteiger partial charge in [-0.3, -0.25) is 14.4 Å². The third-order valence-electron chi connectivity index (χ3n) is 3.55. The molecule has 0 aromatic heterocycles. The van der Waals surface area contributed by atoms with Crippen molar-refractivity contribution < 1.29 is 19.5 Å². The molecule has 7 heteroatoms. The van der Waals surface area contributed by atoms with Gasteiger partial charge < -0.3 is 15.3 Å². The van der Waals surface area contributed by atoms with Gasteiger partial charge in [0, 0.05) is 23.1 Å². The molecule has 2 amide bonds. The fraction of sp³-hybridized carbons (Fsp3) is 0.400. The lowest BCUT2D eigenvalue weighted by Gasteiger charge is -2.24. The van der Waals surface area contributed by atoms with Gasteiger partial charge in [-0.05, 0) is 37.1 Å². The Kier molecular flexibility index (Phi) is 5.54. The number of hydrogen-bond donors (Lipinski definition) is 2. The first kappa shape index (κ1) is 16.5. The van der Waals surface area contributed by atoms with Crippen LogP contribution in [0.5, 0.6) is 0 Å². The first-order valence-electron chi connectivity index (χ1n) is 7.05. The number of rotatable bonds is 5. The van der Waals surface area contributed by atoms with E-state index in [0.29, 0.717) is 18.5 Å². The van der Waals surface area contributed by atoms with Gasteiger partial charge in [-0.2, -0.15) is 0 Å². The lowest BCUT2D eigenvalue weighted by atomic mass is 10.1. The van der Waals surface area contributed by atoms with Crippen molar-refractivity contribution in [3.05, 3.63) is 34.3 Å². The van der Waals surface area contributed by atoms with Gasteiger partial charge in [-0.1, -0.05) is 15.9 Å². The van der Waals surface area contributed by atoms with Gasteiger partial charge in [0.15, 0.2) is 0 Å². The Bertz CT molecular complexity index is 573. The summed E-state index contributed by atoms with van der Waals surface area (Å²) in [5.74, 6) is -1.43. The number of carboxylic acid groups (broad SMARTS) is 1. The van der Waals surface area contributed by atoms with Crippen molar-refractivity contribution in [1.82, 2.24) is 10.2 Å². The first-order valence-corrected chi connectivity index (χ1v) is 7.84. The predicted octanol–water partition coefficient (Wildman–Crippen LogP) is 1.64. The molecule has 2 rings (SSSR count). The third kappa shape index (κ3) is 4.07. The minimum atomic E-state index is -0.963. The Labute approximate surface area is 136 Å². The first-order chi connectivity index (χ1) is 10.5. The van der Waals surface area contributed by atoms with Gasteiger partial charge in [0.2, 0.25) is 5.91 Å². The minimum absolute atomic E-state index is 0.0744. The summed E-state index contributed by atoms with van der Waals surface area (Å²) in [7, 11) is 0. The van der Waals surface area contributed by atoms with Crippen molar-refractivity contribution in [1.29, 1.82) is 0 Å². The molecule has 118 valence electrons. The van der Waals surface area contributed by atoms with Gasteiger partial charge in [-0.15, -0.1) is 0 Å². The van der Waals surface area contributed by atoms with Crippen LogP contribution in [0.4, 0.5) is 0 Å². The maximum absolute atomic E-state index is 12.5. The zero-order chi connectivity index (χ0) is 16.1. The molecule has 1 fully saturated rings. The third-order valence-corrected chi connectivity index (χ3v) is 4.07. The largest absolute Gasteiger partial charge is 0.481 e. The molecule has 0 saturated carbocycles. The van der Waals surface area contributed by atoms with Gasteiger partial charge in [0.05, 0.1) is 6.42 Å². The highest BCUT2D eigenvalue weighted by Gasteiger charge is 2.34. The van der Waals surface area contributed by atoms with E-state index in [0.717, 1.165) is 10.9 Å². The van der Waals surface area contributed by atoms with E-state index in [2.05, 4.69) is 21.2 Å². The second-order valence-electron chi connectivity index (χ2n) is 5.10. The maximum atomic E-state index is 12.5. The summed E-state index contributed by atoms with van der Waals surface area (Å²) < 4.78 is 0.883. The number of nitrogens with zero attached hydrogens (tertiary/aromatic N) is 1. The highest BCUT2D eigenvalue weighted by Crippen LogP contribution is 2.21. The van der Waals surface area contributed by atoms with Crippen LogP contribution in [0.3, 0.4) is 0 Å². The molecule has 1 aromatic rings. The molecule has 1 aliphatic rings. The molecule has 0 spiro atoms. The van der Waals surface area contributed by atoms with Crippen LogP contribution in [0.25, 0.3) is 0 Å². The van der Waals surface area contributed by atoms with E-state index < -0.39 is 12.0 Å². The van der Waals surface area contributed by atoms with Gasteiger partial charge in [0.25, 0.3) is 5.91 Å². The van der Waals surface area contributed by atoms with Crippen LogP contribution in [0.15, 0.2) is 28.7 Å². The molecule has 1 heterocycles. The lowest BCUT2D eigenvalue weighted by Crippen LogP contribution is -2.46. The summed E-state index contributed by atoms with van der Waals surface area (Å²) >= 11 is 3.32. The quantitative estimate of drug-likeness (QED) is 0.826. The van der Waals surface area contributed by atoms with E-state index in [9.17, 15) is 14.4 Å².